The van der Waals surface area contributed by atoms with Crippen molar-refractivity contribution in [2.24, 2.45) is 0 Å². The Morgan fingerprint density at radius 2 is 1.60 bits per heavy atom. The van der Waals surface area contributed by atoms with Crippen LogP contribution in [-0.4, -0.2) is 6.10 Å². The molecule has 0 N–H and O–H groups in total. The van der Waals surface area contributed by atoms with Crippen molar-refractivity contribution in [3.05, 3.63) is 71.3 Å². The minimum Gasteiger partial charge on any atom is -0.370 e. The summed E-state index contributed by atoms with van der Waals surface area (Å²) in [7, 11) is 0. The lowest BCUT2D eigenvalue weighted by Crippen LogP contribution is -2.16. The Balaban J connectivity index is 1.53. The van der Waals surface area contributed by atoms with E-state index in [1.54, 1.807) is 0 Å². The highest BCUT2D eigenvalue weighted by atomic mass is 16.5. The summed E-state index contributed by atoms with van der Waals surface area (Å²) < 4.78 is 6.39. The number of ether oxygens (including phenoxy) is 1. The summed E-state index contributed by atoms with van der Waals surface area (Å²) in [6, 6.07) is 19.6. The molecule has 20 heavy (non-hydrogen) atoms. The zero-order valence-electron chi connectivity index (χ0n) is 11.7. The quantitative estimate of drug-likeness (QED) is 0.768. The van der Waals surface area contributed by atoms with E-state index in [1.165, 1.54) is 36.0 Å². The Kier molecular flexibility index (Phi) is 3.08. The second-order valence-corrected chi connectivity index (χ2v) is 6.00. The van der Waals surface area contributed by atoms with Crippen LogP contribution in [0.2, 0.25) is 0 Å². The van der Waals surface area contributed by atoms with E-state index in [0.29, 0.717) is 18.1 Å². The molecule has 0 radical (unpaired) electrons. The average Bonchev–Trinajstić information content (AvgIpc) is 3.14. The second kappa shape index (κ2) is 5.06. The van der Waals surface area contributed by atoms with Crippen molar-refractivity contribution in [2.75, 3.05) is 0 Å². The molecule has 0 aromatic heterocycles. The fourth-order valence-corrected chi connectivity index (χ4v) is 3.85. The zero-order valence-corrected chi connectivity index (χ0v) is 11.7. The molecule has 1 aliphatic heterocycles. The summed E-state index contributed by atoms with van der Waals surface area (Å²) in [5.74, 6) is 0.611. The van der Waals surface area contributed by atoms with E-state index in [4.69, 9.17) is 4.74 Å². The number of rotatable bonds is 2. The smallest absolute Gasteiger partial charge is 0.0830 e. The Morgan fingerprint density at radius 1 is 0.800 bits per heavy atom. The van der Waals surface area contributed by atoms with Crippen LogP contribution < -0.4 is 0 Å². The zero-order chi connectivity index (χ0) is 13.4. The van der Waals surface area contributed by atoms with Crippen LogP contribution in [0.4, 0.5) is 0 Å². The molecule has 1 heterocycles. The standard InChI is InChI=1S/C19H20O/c1-2-7-15(8-3-1)18-12-13-19(20-18)17-11-10-14-6-4-5-9-16(14)17/h1-9,17-19H,10-13H2/t17-,18-,19-/m0/s1. The molecule has 102 valence electrons. The van der Waals surface area contributed by atoms with Gasteiger partial charge in [-0.25, -0.2) is 0 Å². The first-order chi connectivity index (χ1) is 9.92. The number of fused-ring (bicyclic) bond motifs is 1. The van der Waals surface area contributed by atoms with E-state index in [0.717, 1.165) is 6.42 Å². The van der Waals surface area contributed by atoms with Crippen LogP contribution in [0.25, 0.3) is 0 Å². The molecule has 1 nitrogen and oxygen atoms in total. The maximum atomic E-state index is 6.39. The van der Waals surface area contributed by atoms with Gasteiger partial charge in [0.2, 0.25) is 0 Å². The topological polar surface area (TPSA) is 9.23 Å². The maximum absolute atomic E-state index is 6.39. The lowest BCUT2D eigenvalue weighted by Gasteiger charge is -2.21. The van der Waals surface area contributed by atoms with Crippen molar-refractivity contribution in [1.29, 1.82) is 0 Å². The molecule has 3 atom stereocenters. The SMILES string of the molecule is c1ccc([C@@H]2CC[C@@H]([C@H]3CCc4ccccc43)O2)cc1. The van der Waals surface area contributed by atoms with Crippen LogP contribution >= 0.6 is 0 Å². The van der Waals surface area contributed by atoms with E-state index < -0.39 is 0 Å². The van der Waals surface area contributed by atoms with E-state index in [9.17, 15) is 0 Å². The Hall–Kier alpha value is -1.60. The van der Waals surface area contributed by atoms with Gasteiger partial charge in [-0.2, -0.15) is 0 Å². The summed E-state index contributed by atoms with van der Waals surface area (Å²) in [6.45, 7) is 0. The van der Waals surface area contributed by atoms with Gasteiger partial charge in [-0.05, 0) is 42.4 Å². The first-order valence-electron chi connectivity index (χ1n) is 7.70. The summed E-state index contributed by atoms with van der Waals surface area (Å²) in [5, 5.41) is 0. The van der Waals surface area contributed by atoms with Gasteiger partial charge in [0, 0.05) is 5.92 Å². The summed E-state index contributed by atoms with van der Waals surface area (Å²) in [4.78, 5) is 0. The van der Waals surface area contributed by atoms with Crippen LogP contribution in [-0.2, 0) is 11.2 Å². The maximum Gasteiger partial charge on any atom is 0.0830 e. The molecule has 4 rings (SSSR count). The minimum atomic E-state index is 0.300. The molecule has 2 aromatic carbocycles. The van der Waals surface area contributed by atoms with E-state index in [-0.39, 0.29) is 0 Å². The fraction of sp³-hybridized carbons (Fsp3) is 0.368. The molecular weight excluding hydrogens is 244 g/mol. The van der Waals surface area contributed by atoms with Crippen molar-refractivity contribution < 1.29 is 4.74 Å². The van der Waals surface area contributed by atoms with Gasteiger partial charge in [-0.3, -0.25) is 0 Å². The lowest BCUT2D eigenvalue weighted by atomic mass is 9.93. The second-order valence-electron chi connectivity index (χ2n) is 6.00. The van der Waals surface area contributed by atoms with E-state index >= 15 is 0 Å². The van der Waals surface area contributed by atoms with Gasteiger partial charge >= 0.3 is 0 Å². The number of hydrogen-bond donors (Lipinski definition) is 0. The number of benzene rings is 2. The normalized spacial score (nSPS) is 28.5. The summed E-state index contributed by atoms with van der Waals surface area (Å²) in [6.07, 6.45) is 5.53. The van der Waals surface area contributed by atoms with Crippen LogP contribution in [0.5, 0.6) is 0 Å². The fourth-order valence-electron chi connectivity index (χ4n) is 3.85. The molecule has 0 amide bonds. The van der Waals surface area contributed by atoms with Crippen LogP contribution in [0, 0.1) is 0 Å². The molecule has 1 heteroatoms. The molecule has 2 aliphatic rings. The molecule has 0 unspecified atom stereocenters. The predicted octanol–water partition coefficient (Wildman–Crippen LogP) is 4.64. The third kappa shape index (κ3) is 2.06. The molecular formula is C19H20O. The Bertz CT molecular complexity index is 590. The highest BCUT2D eigenvalue weighted by Gasteiger charge is 2.36. The third-order valence-electron chi connectivity index (χ3n) is 4.85. The highest BCUT2D eigenvalue weighted by molar-refractivity contribution is 5.36. The van der Waals surface area contributed by atoms with Gasteiger partial charge in [0.25, 0.3) is 0 Å². The number of aryl methyl sites for hydroxylation is 1. The average molecular weight is 264 g/mol. The molecule has 0 bridgehead atoms. The van der Waals surface area contributed by atoms with E-state index in [2.05, 4.69) is 54.6 Å². The van der Waals surface area contributed by atoms with Crippen molar-refractivity contribution in [2.45, 2.75) is 43.8 Å². The monoisotopic (exact) mass is 264 g/mol. The molecule has 0 saturated carbocycles. The number of hydrogen-bond acceptors (Lipinski definition) is 1. The van der Waals surface area contributed by atoms with Crippen LogP contribution in [0.15, 0.2) is 54.6 Å². The summed E-state index contributed by atoms with van der Waals surface area (Å²) in [5.41, 5.74) is 4.40. The lowest BCUT2D eigenvalue weighted by molar-refractivity contribution is 0.0288. The molecule has 2 aromatic rings. The Morgan fingerprint density at radius 3 is 2.50 bits per heavy atom. The van der Waals surface area contributed by atoms with Gasteiger partial charge < -0.3 is 4.74 Å². The molecule has 0 spiro atoms. The van der Waals surface area contributed by atoms with Crippen molar-refractivity contribution in [3.8, 4) is 0 Å². The van der Waals surface area contributed by atoms with Gasteiger partial charge in [0.05, 0.1) is 12.2 Å². The molecule has 1 fully saturated rings. The molecule has 1 aliphatic carbocycles. The van der Waals surface area contributed by atoms with Gasteiger partial charge in [-0.15, -0.1) is 0 Å². The van der Waals surface area contributed by atoms with Crippen LogP contribution in [0.1, 0.15) is 48.0 Å². The van der Waals surface area contributed by atoms with Crippen LogP contribution in [0.3, 0.4) is 0 Å². The van der Waals surface area contributed by atoms with Gasteiger partial charge in [0.1, 0.15) is 0 Å². The predicted molar refractivity (Wildman–Crippen MR) is 80.8 cm³/mol. The van der Waals surface area contributed by atoms with E-state index in [1.807, 2.05) is 0 Å². The highest BCUT2D eigenvalue weighted by Crippen LogP contribution is 2.44. The first kappa shape index (κ1) is 12.2. The summed E-state index contributed by atoms with van der Waals surface area (Å²) >= 11 is 0. The van der Waals surface area contributed by atoms with Gasteiger partial charge in [-0.1, -0.05) is 54.6 Å². The Labute approximate surface area is 120 Å². The van der Waals surface area contributed by atoms with Gasteiger partial charge in [0.15, 0.2) is 0 Å². The van der Waals surface area contributed by atoms with Crippen molar-refractivity contribution in [3.63, 3.8) is 0 Å². The minimum absolute atomic E-state index is 0.300. The first-order valence-corrected chi connectivity index (χ1v) is 7.70. The molecule has 1 saturated heterocycles. The largest absolute Gasteiger partial charge is 0.370 e. The third-order valence-corrected chi connectivity index (χ3v) is 4.85. The van der Waals surface area contributed by atoms with Crippen molar-refractivity contribution >= 4 is 0 Å². The van der Waals surface area contributed by atoms with Crippen molar-refractivity contribution in [1.82, 2.24) is 0 Å².